The van der Waals surface area contributed by atoms with Crippen LogP contribution in [0.3, 0.4) is 0 Å². The predicted molar refractivity (Wildman–Crippen MR) is 372 cm³/mol. The van der Waals surface area contributed by atoms with Crippen LogP contribution in [0.25, 0.3) is 97.7 Å². The summed E-state index contributed by atoms with van der Waals surface area (Å²) in [6, 6.07) is 69.7. The number of para-hydroxylation sites is 4. The molecule has 0 saturated carbocycles. The predicted octanol–water partition coefficient (Wildman–Crippen LogP) is 25.9. The van der Waals surface area contributed by atoms with Gasteiger partial charge in [0.15, 0.2) is 11.2 Å². The standard InChI is InChI=1S/C82H80N2O2/c1-13-49(9)55-33-31-53-35-37-57(51(11)15-3)79(69(53)43-55)83(71-27-21-25-63-59-23-17-19-29-75(59)85-81(63)71)73-45-67(47(5)6)61-40-42-66-74(46-68(48(7)8)62-39-41-65(73)77(61)78(62)66)84(72-28-22-26-64-60-24-18-20-30-76(60)86-82(64)72)80-58(52(12)16-4)38-36-54-32-34-56(44-70(54)80)50(10)14-2/h17-52H,13-16H2,1-12H3. The SMILES string of the molecule is CCC(C)c1ccc2ccc(C(C)CC)c(N(c3cc(C(C)C)c4ccc5c(N(c6c(C(C)CC)ccc7ccc(C(C)CC)cc67)c6cccc7c6oc6ccccc67)cc(C(C)C)c6ccc3c4c65)c3cccc4c3oc3ccccc34)c2c1. The first-order chi connectivity index (χ1) is 41.8. The largest absolute Gasteiger partial charge is 0.454 e. The maximum Gasteiger partial charge on any atom is 0.159 e. The highest BCUT2D eigenvalue weighted by Crippen LogP contribution is 2.56. The molecule has 4 heteroatoms. The molecule has 14 aromatic rings. The number of anilines is 6. The van der Waals surface area contributed by atoms with E-state index in [0.717, 1.165) is 92.3 Å². The highest BCUT2D eigenvalue weighted by Gasteiger charge is 2.32. The van der Waals surface area contributed by atoms with Crippen LogP contribution in [0.1, 0.15) is 178 Å². The van der Waals surface area contributed by atoms with Gasteiger partial charge in [0.2, 0.25) is 0 Å². The van der Waals surface area contributed by atoms with Crippen molar-refractivity contribution in [1.29, 1.82) is 0 Å². The number of benzene rings is 12. The van der Waals surface area contributed by atoms with Crippen molar-refractivity contribution >= 4 is 132 Å². The molecule has 0 spiro atoms. The van der Waals surface area contributed by atoms with Crippen molar-refractivity contribution in [3.8, 4) is 0 Å². The van der Waals surface area contributed by atoms with Gasteiger partial charge in [-0.25, -0.2) is 0 Å². The number of hydrogen-bond donors (Lipinski definition) is 0. The number of furan rings is 2. The van der Waals surface area contributed by atoms with Gasteiger partial charge in [0.1, 0.15) is 11.2 Å². The number of rotatable bonds is 16. The van der Waals surface area contributed by atoms with Crippen LogP contribution in [0.5, 0.6) is 0 Å². The van der Waals surface area contributed by atoms with Crippen LogP contribution >= 0.6 is 0 Å². The zero-order chi connectivity index (χ0) is 59.4. The Balaban J connectivity index is 1.17. The van der Waals surface area contributed by atoms with Crippen LogP contribution < -0.4 is 9.80 Å². The third kappa shape index (κ3) is 8.67. The van der Waals surface area contributed by atoms with Crippen LogP contribution in [0.15, 0.2) is 191 Å². The molecule has 2 heterocycles. The number of nitrogens with zero attached hydrogens (tertiary/aromatic N) is 2. The zero-order valence-electron chi connectivity index (χ0n) is 52.3. The second kappa shape index (κ2) is 21.7. The van der Waals surface area contributed by atoms with E-state index in [2.05, 4.69) is 275 Å². The summed E-state index contributed by atoms with van der Waals surface area (Å²) in [4.78, 5) is 5.30. The number of hydrogen-bond acceptors (Lipinski definition) is 4. The fourth-order valence-electron chi connectivity index (χ4n) is 14.4. The van der Waals surface area contributed by atoms with Crippen LogP contribution in [0, 0.1) is 0 Å². The first-order valence-corrected chi connectivity index (χ1v) is 32.1. The van der Waals surface area contributed by atoms with Gasteiger partial charge in [0.25, 0.3) is 0 Å². The molecule has 0 fully saturated rings. The van der Waals surface area contributed by atoms with Gasteiger partial charge < -0.3 is 18.6 Å². The Morgan fingerprint density at radius 2 is 0.674 bits per heavy atom. The van der Waals surface area contributed by atoms with E-state index >= 15 is 0 Å². The lowest BCUT2D eigenvalue weighted by Crippen LogP contribution is -2.16. The van der Waals surface area contributed by atoms with Gasteiger partial charge >= 0.3 is 0 Å². The Kier molecular flexibility index (Phi) is 14.0. The van der Waals surface area contributed by atoms with E-state index in [1.165, 1.54) is 98.6 Å². The summed E-state index contributed by atoms with van der Waals surface area (Å²) < 4.78 is 14.4. The summed E-state index contributed by atoms with van der Waals surface area (Å²) in [6.07, 6.45) is 4.11. The average Bonchev–Trinajstić information content (AvgIpc) is 0.739. The minimum absolute atomic E-state index is 0.195. The summed E-state index contributed by atoms with van der Waals surface area (Å²) >= 11 is 0. The highest BCUT2D eigenvalue weighted by atomic mass is 16.3. The first-order valence-electron chi connectivity index (χ1n) is 32.1. The summed E-state index contributed by atoms with van der Waals surface area (Å²) in [7, 11) is 0. The molecule has 4 atom stereocenters. The molecule has 0 bridgehead atoms. The Bertz CT molecular complexity index is 4610. The fourth-order valence-corrected chi connectivity index (χ4v) is 14.4. The summed E-state index contributed by atoms with van der Waals surface area (Å²) in [5, 5.41) is 17.0. The molecule has 4 nitrogen and oxygen atoms in total. The average molecular weight is 1130 g/mol. The smallest absolute Gasteiger partial charge is 0.159 e. The van der Waals surface area contributed by atoms with Crippen LogP contribution in [0.2, 0.25) is 0 Å². The molecule has 0 radical (unpaired) electrons. The van der Waals surface area contributed by atoms with E-state index in [4.69, 9.17) is 8.83 Å². The Hall–Kier alpha value is -8.60. The maximum absolute atomic E-state index is 7.18. The van der Waals surface area contributed by atoms with E-state index in [1.54, 1.807) is 0 Å². The van der Waals surface area contributed by atoms with Gasteiger partial charge in [-0.05, 0) is 175 Å². The minimum atomic E-state index is 0.195. The van der Waals surface area contributed by atoms with Gasteiger partial charge in [-0.15, -0.1) is 0 Å². The Morgan fingerprint density at radius 3 is 1.07 bits per heavy atom. The van der Waals surface area contributed by atoms with E-state index < -0.39 is 0 Å². The van der Waals surface area contributed by atoms with Crippen LogP contribution in [-0.4, -0.2) is 0 Å². The molecule has 0 amide bonds. The zero-order valence-corrected chi connectivity index (χ0v) is 52.3. The molecule has 430 valence electrons. The summed E-state index contributed by atoms with van der Waals surface area (Å²) in [6.45, 7) is 28.4. The normalized spacial score (nSPS) is 13.8. The summed E-state index contributed by atoms with van der Waals surface area (Å²) in [5.41, 5.74) is 18.4. The number of fused-ring (bicyclic) bond motifs is 8. The van der Waals surface area contributed by atoms with Crippen molar-refractivity contribution in [3.63, 3.8) is 0 Å². The highest BCUT2D eigenvalue weighted by molar-refractivity contribution is 6.31. The van der Waals surface area contributed by atoms with Crippen molar-refractivity contribution in [2.45, 2.75) is 144 Å². The van der Waals surface area contributed by atoms with E-state index in [0.29, 0.717) is 11.8 Å². The quantitative estimate of drug-likeness (QED) is 0.0903. The molecule has 0 N–H and O–H groups in total. The molecule has 4 unspecified atom stereocenters. The van der Waals surface area contributed by atoms with Gasteiger partial charge in [0.05, 0.1) is 34.1 Å². The lowest BCUT2D eigenvalue weighted by Gasteiger charge is -2.34. The van der Waals surface area contributed by atoms with E-state index in [9.17, 15) is 0 Å². The molecular weight excluding hydrogens is 1040 g/mol. The molecule has 2 aromatic heterocycles. The van der Waals surface area contributed by atoms with Crippen molar-refractivity contribution in [3.05, 3.63) is 215 Å². The molecule has 86 heavy (non-hydrogen) atoms. The van der Waals surface area contributed by atoms with Gasteiger partial charge in [0, 0.05) is 43.1 Å². The minimum Gasteiger partial charge on any atom is -0.454 e. The molecule has 12 aromatic carbocycles. The van der Waals surface area contributed by atoms with Gasteiger partial charge in [-0.1, -0.05) is 217 Å². The lowest BCUT2D eigenvalue weighted by molar-refractivity contribution is 0.668. The van der Waals surface area contributed by atoms with Crippen LogP contribution in [0.4, 0.5) is 34.1 Å². The Labute approximate surface area is 507 Å². The molecular formula is C82H80N2O2. The van der Waals surface area contributed by atoms with Crippen molar-refractivity contribution in [2.24, 2.45) is 0 Å². The van der Waals surface area contributed by atoms with Crippen molar-refractivity contribution in [1.82, 2.24) is 0 Å². The topological polar surface area (TPSA) is 32.8 Å². The van der Waals surface area contributed by atoms with Gasteiger partial charge in [-0.3, -0.25) is 0 Å². The molecule has 0 aliphatic carbocycles. The summed E-state index contributed by atoms with van der Waals surface area (Å²) in [5.74, 6) is 1.71. The van der Waals surface area contributed by atoms with E-state index in [1.807, 2.05) is 0 Å². The molecule has 0 aliphatic heterocycles. The lowest BCUT2D eigenvalue weighted by atomic mass is 9.83. The van der Waals surface area contributed by atoms with E-state index in [-0.39, 0.29) is 23.7 Å². The monoisotopic (exact) mass is 1120 g/mol. The fraction of sp³-hybridized carbons (Fsp3) is 0.268. The Morgan fingerprint density at radius 1 is 0.302 bits per heavy atom. The van der Waals surface area contributed by atoms with Crippen molar-refractivity contribution in [2.75, 3.05) is 9.80 Å². The van der Waals surface area contributed by atoms with Gasteiger partial charge in [-0.2, -0.15) is 0 Å². The molecule has 14 rings (SSSR count). The molecule has 0 saturated heterocycles. The second-order valence-electron chi connectivity index (χ2n) is 25.7. The maximum atomic E-state index is 7.18. The van der Waals surface area contributed by atoms with Crippen LogP contribution in [-0.2, 0) is 0 Å². The van der Waals surface area contributed by atoms with Crippen molar-refractivity contribution < 1.29 is 8.83 Å². The molecule has 0 aliphatic rings. The first kappa shape index (κ1) is 55.3. The third-order valence-corrected chi connectivity index (χ3v) is 20.1. The third-order valence-electron chi connectivity index (χ3n) is 20.1. The second-order valence-corrected chi connectivity index (χ2v) is 25.7.